The van der Waals surface area contributed by atoms with Gasteiger partial charge in [0.25, 0.3) is 0 Å². The topological polar surface area (TPSA) is 78.1 Å². The van der Waals surface area contributed by atoms with Gasteiger partial charge in [0.1, 0.15) is 6.61 Å². The van der Waals surface area contributed by atoms with Crippen LogP contribution in [0, 0.1) is 6.92 Å². The normalized spacial score (nSPS) is 10.7. The molecule has 118 valence electrons. The number of hydrogen-bond acceptors (Lipinski definition) is 7. The number of benzene rings is 1. The number of hydrogen-bond donors (Lipinski definition) is 0. The van der Waals surface area contributed by atoms with E-state index in [1.54, 1.807) is 42.5 Å². The van der Waals surface area contributed by atoms with E-state index in [4.69, 9.17) is 9.15 Å². The van der Waals surface area contributed by atoms with Crippen LogP contribution in [0.4, 0.5) is 0 Å². The second-order valence-corrected chi connectivity index (χ2v) is 5.81. The average molecular weight is 329 g/mol. The van der Waals surface area contributed by atoms with Crippen molar-refractivity contribution in [3.05, 3.63) is 51.8 Å². The van der Waals surface area contributed by atoms with E-state index in [0.717, 1.165) is 17.1 Å². The lowest BCUT2D eigenvalue weighted by molar-refractivity contribution is 0.0468. The maximum absolute atomic E-state index is 12.2. The second kappa shape index (κ2) is 6.70. The summed E-state index contributed by atoms with van der Waals surface area (Å²) in [7, 11) is 0. The third-order valence-corrected chi connectivity index (χ3v) is 4.17. The fourth-order valence-corrected chi connectivity index (χ4v) is 2.72. The molecule has 0 N–H and O–H groups in total. The predicted molar refractivity (Wildman–Crippen MR) is 85.1 cm³/mol. The Morgan fingerprint density at radius 2 is 2.22 bits per heavy atom. The first-order valence-electron chi connectivity index (χ1n) is 7.16. The van der Waals surface area contributed by atoms with Gasteiger partial charge in [0, 0.05) is 17.9 Å². The van der Waals surface area contributed by atoms with E-state index in [1.807, 2.05) is 12.3 Å². The second-order valence-electron chi connectivity index (χ2n) is 4.87. The lowest BCUT2D eigenvalue weighted by Crippen LogP contribution is -2.05. The van der Waals surface area contributed by atoms with Crippen molar-refractivity contribution in [3.8, 4) is 11.5 Å². The van der Waals surface area contributed by atoms with Crippen LogP contribution in [-0.2, 0) is 17.8 Å². The van der Waals surface area contributed by atoms with Crippen LogP contribution < -0.4 is 0 Å². The van der Waals surface area contributed by atoms with Crippen LogP contribution in [0.2, 0.25) is 0 Å². The first-order valence-corrected chi connectivity index (χ1v) is 8.04. The molecule has 3 rings (SSSR count). The molecule has 0 aliphatic heterocycles. The summed E-state index contributed by atoms with van der Waals surface area (Å²) >= 11 is 1.57. The molecular formula is C16H15N3O3S. The molecule has 0 spiro atoms. The first kappa shape index (κ1) is 15.4. The molecule has 6 nitrogen and oxygen atoms in total. The monoisotopic (exact) mass is 329 g/mol. The van der Waals surface area contributed by atoms with Crippen molar-refractivity contribution in [1.82, 2.24) is 15.2 Å². The van der Waals surface area contributed by atoms with Gasteiger partial charge < -0.3 is 9.15 Å². The van der Waals surface area contributed by atoms with Crippen molar-refractivity contribution in [2.75, 3.05) is 0 Å². The highest BCUT2D eigenvalue weighted by molar-refractivity contribution is 7.09. The number of rotatable bonds is 5. The van der Waals surface area contributed by atoms with Crippen molar-refractivity contribution in [3.63, 3.8) is 0 Å². The number of aryl methyl sites for hydroxylation is 2. The molecule has 2 aromatic heterocycles. The fraction of sp³-hybridized carbons (Fsp3) is 0.250. The summed E-state index contributed by atoms with van der Waals surface area (Å²) in [5.41, 5.74) is 1.88. The third-order valence-electron chi connectivity index (χ3n) is 3.12. The molecule has 0 unspecified atom stereocenters. The van der Waals surface area contributed by atoms with Crippen molar-refractivity contribution in [1.29, 1.82) is 0 Å². The molecule has 7 heteroatoms. The summed E-state index contributed by atoms with van der Waals surface area (Å²) < 4.78 is 10.7. The molecule has 0 aliphatic carbocycles. The first-order chi connectivity index (χ1) is 11.2. The van der Waals surface area contributed by atoms with Crippen molar-refractivity contribution >= 4 is 17.3 Å². The highest BCUT2D eigenvalue weighted by Gasteiger charge is 2.12. The molecular weight excluding hydrogens is 314 g/mol. The minimum absolute atomic E-state index is 0.166. The zero-order chi connectivity index (χ0) is 16.2. The Hall–Kier alpha value is -2.54. The Bertz CT molecular complexity index is 825. The summed E-state index contributed by atoms with van der Waals surface area (Å²) in [6.07, 6.45) is 0.879. The molecule has 0 saturated carbocycles. The summed E-state index contributed by atoms with van der Waals surface area (Å²) in [5.74, 6) is 0.446. The van der Waals surface area contributed by atoms with Crippen molar-refractivity contribution in [2.24, 2.45) is 0 Å². The van der Waals surface area contributed by atoms with Crippen LogP contribution in [-0.4, -0.2) is 21.2 Å². The van der Waals surface area contributed by atoms with Crippen LogP contribution in [0.3, 0.4) is 0 Å². The summed E-state index contributed by atoms with van der Waals surface area (Å²) in [6, 6.07) is 6.92. The highest BCUT2D eigenvalue weighted by atomic mass is 32.1. The average Bonchev–Trinajstić information content (AvgIpc) is 3.21. The van der Waals surface area contributed by atoms with Gasteiger partial charge in [0.2, 0.25) is 11.8 Å². The quantitative estimate of drug-likeness (QED) is 0.667. The van der Waals surface area contributed by atoms with Gasteiger partial charge in [0.05, 0.1) is 16.3 Å². The van der Waals surface area contributed by atoms with E-state index < -0.39 is 5.97 Å². The van der Waals surface area contributed by atoms with Gasteiger partial charge in [-0.15, -0.1) is 21.5 Å². The number of carbonyl (C=O) groups excluding carboxylic acids is 1. The number of esters is 1. The van der Waals surface area contributed by atoms with E-state index in [2.05, 4.69) is 15.2 Å². The largest absolute Gasteiger partial charge is 0.456 e. The van der Waals surface area contributed by atoms with E-state index in [1.165, 1.54) is 0 Å². The molecule has 0 amide bonds. The summed E-state index contributed by atoms with van der Waals surface area (Å²) in [6.45, 7) is 3.92. The van der Waals surface area contributed by atoms with E-state index >= 15 is 0 Å². The SMILES string of the molecule is CCc1nc(COC(=O)c2cccc(-c3nnc(C)o3)c2)cs1. The molecule has 0 saturated heterocycles. The minimum atomic E-state index is -0.408. The molecule has 0 aliphatic rings. The van der Waals surface area contributed by atoms with E-state index in [0.29, 0.717) is 22.9 Å². The van der Waals surface area contributed by atoms with Crippen molar-refractivity contribution in [2.45, 2.75) is 26.9 Å². The number of thiazole rings is 1. The highest BCUT2D eigenvalue weighted by Crippen LogP contribution is 2.20. The zero-order valence-electron chi connectivity index (χ0n) is 12.8. The Labute approximate surface area is 137 Å². The third kappa shape index (κ3) is 3.62. The van der Waals surface area contributed by atoms with Gasteiger partial charge in [-0.3, -0.25) is 0 Å². The number of nitrogens with zero attached hydrogens (tertiary/aromatic N) is 3. The molecule has 0 bridgehead atoms. The lowest BCUT2D eigenvalue weighted by Gasteiger charge is -2.04. The number of ether oxygens (including phenoxy) is 1. The predicted octanol–water partition coefficient (Wildman–Crippen LogP) is 3.42. The molecule has 0 atom stereocenters. The Morgan fingerprint density at radius 3 is 2.91 bits per heavy atom. The van der Waals surface area contributed by atoms with Crippen LogP contribution >= 0.6 is 11.3 Å². The molecule has 1 aromatic carbocycles. The van der Waals surface area contributed by atoms with Gasteiger partial charge >= 0.3 is 5.97 Å². The van der Waals surface area contributed by atoms with Gasteiger partial charge in [-0.1, -0.05) is 13.0 Å². The Balaban J connectivity index is 1.69. The van der Waals surface area contributed by atoms with Gasteiger partial charge in [-0.05, 0) is 24.6 Å². The van der Waals surface area contributed by atoms with Crippen LogP contribution in [0.5, 0.6) is 0 Å². The van der Waals surface area contributed by atoms with Crippen molar-refractivity contribution < 1.29 is 13.9 Å². The molecule has 23 heavy (non-hydrogen) atoms. The smallest absolute Gasteiger partial charge is 0.338 e. The number of aromatic nitrogens is 3. The van der Waals surface area contributed by atoms with Gasteiger partial charge in [-0.25, -0.2) is 9.78 Å². The van der Waals surface area contributed by atoms with Gasteiger partial charge in [0.15, 0.2) is 0 Å². The maximum atomic E-state index is 12.2. The fourth-order valence-electron chi connectivity index (χ4n) is 1.99. The minimum Gasteiger partial charge on any atom is -0.456 e. The summed E-state index contributed by atoms with van der Waals surface area (Å²) in [5, 5.41) is 10.7. The molecule has 3 aromatic rings. The summed E-state index contributed by atoms with van der Waals surface area (Å²) in [4.78, 5) is 16.5. The van der Waals surface area contributed by atoms with E-state index in [9.17, 15) is 4.79 Å². The number of carbonyl (C=O) groups is 1. The van der Waals surface area contributed by atoms with Crippen LogP contribution in [0.25, 0.3) is 11.5 Å². The van der Waals surface area contributed by atoms with E-state index in [-0.39, 0.29) is 6.61 Å². The molecule has 0 radical (unpaired) electrons. The molecule has 0 fully saturated rings. The zero-order valence-corrected chi connectivity index (χ0v) is 13.6. The Morgan fingerprint density at radius 1 is 1.35 bits per heavy atom. The molecule has 2 heterocycles. The van der Waals surface area contributed by atoms with Crippen LogP contribution in [0.1, 0.15) is 33.9 Å². The Kier molecular flexibility index (Phi) is 4.47. The van der Waals surface area contributed by atoms with Gasteiger partial charge in [-0.2, -0.15) is 0 Å². The standard InChI is InChI=1S/C16H15N3O3S/c1-3-14-17-13(9-23-14)8-21-16(20)12-6-4-5-11(7-12)15-19-18-10(2)22-15/h4-7,9H,3,8H2,1-2H3. The maximum Gasteiger partial charge on any atom is 0.338 e. The van der Waals surface area contributed by atoms with Crippen LogP contribution in [0.15, 0.2) is 34.1 Å². The lowest BCUT2D eigenvalue weighted by atomic mass is 10.1.